The quantitative estimate of drug-likeness (QED) is 0.194. The summed E-state index contributed by atoms with van der Waals surface area (Å²) in [4.78, 5) is 33.4. The molecule has 0 saturated carbocycles. The number of carbonyl (C=O) groups excluding carboxylic acids is 2. The molecule has 4 aromatic rings. The largest absolute Gasteiger partial charge is 0.507 e. The van der Waals surface area contributed by atoms with Crippen LogP contribution in [0.4, 0.5) is 5.13 Å². The van der Waals surface area contributed by atoms with E-state index in [9.17, 15) is 14.7 Å². The summed E-state index contributed by atoms with van der Waals surface area (Å²) >= 11 is 2.71. The Morgan fingerprint density at radius 1 is 1.03 bits per heavy atom. The second-order valence-corrected chi connectivity index (χ2v) is 9.69. The zero-order chi connectivity index (χ0) is 24.5. The highest BCUT2D eigenvalue weighted by molar-refractivity contribution is 7.22. The lowest BCUT2D eigenvalue weighted by atomic mass is 10.00. The molecule has 7 nitrogen and oxygen atoms in total. The summed E-state index contributed by atoms with van der Waals surface area (Å²) < 4.78 is 12.0. The highest BCUT2D eigenvalue weighted by atomic mass is 32.1. The van der Waals surface area contributed by atoms with Crippen molar-refractivity contribution in [1.29, 1.82) is 0 Å². The van der Waals surface area contributed by atoms with E-state index < -0.39 is 17.7 Å². The molecule has 3 heterocycles. The number of aromatic nitrogens is 1. The van der Waals surface area contributed by atoms with Gasteiger partial charge in [-0.25, -0.2) is 4.98 Å². The molecule has 5 rings (SSSR count). The number of rotatable bonds is 7. The van der Waals surface area contributed by atoms with E-state index in [-0.39, 0.29) is 11.3 Å². The van der Waals surface area contributed by atoms with E-state index >= 15 is 0 Å². The van der Waals surface area contributed by atoms with Crippen molar-refractivity contribution in [2.45, 2.75) is 19.9 Å². The van der Waals surface area contributed by atoms with Crippen molar-refractivity contribution in [2.75, 3.05) is 18.1 Å². The van der Waals surface area contributed by atoms with Gasteiger partial charge in [-0.15, -0.1) is 11.3 Å². The lowest BCUT2D eigenvalue weighted by Gasteiger charge is -2.21. The molecule has 0 bridgehead atoms. The van der Waals surface area contributed by atoms with Gasteiger partial charge >= 0.3 is 5.91 Å². The number of anilines is 1. The van der Waals surface area contributed by atoms with Gasteiger partial charge in [-0.05, 0) is 55.6 Å². The number of thiazole rings is 1. The van der Waals surface area contributed by atoms with Crippen molar-refractivity contribution >= 4 is 55.5 Å². The molecule has 178 valence electrons. The Kier molecular flexibility index (Phi) is 6.27. The maximum absolute atomic E-state index is 13.3. The molecule has 2 aromatic carbocycles. The average Bonchev–Trinajstić information content (AvgIpc) is 3.58. The summed E-state index contributed by atoms with van der Waals surface area (Å²) in [5.74, 6) is -0.450. The van der Waals surface area contributed by atoms with Crippen LogP contribution in [0.5, 0.6) is 11.5 Å². The molecule has 1 unspecified atom stereocenters. The van der Waals surface area contributed by atoms with Gasteiger partial charge in [0, 0.05) is 10.4 Å². The minimum absolute atomic E-state index is 0.0281. The first kappa shape index (κ1) is 23.1. The molecule has 1 N–H and O–H groups in total. The van der Waals surface area contributed by atoms with Crippen molar-refractivity contribution in [3.05, 3.63) is 76.0 Å². The third-order valence-corrected chi connectivity index (χ3v) is 7.48. The first-order chi connectivity index (χ1) is 17.0. The predicted molar refractivity (Wildman–Crippen MR) is 138 cm³/mol. The molecule has 0 spiro atoms. The second kappa shape index (κ2) is 9.52. The normalized spacial score (nSPS) is 17.3. The summed E-state index contributed by atoms with van der Waals surface area (Å²) in [7, 11) is 0. The van der Waals surface area contributed by atoms with Crippen LogP contribution in [-0.4, -0.2) is 35.0 Å². The predicted octanol–water partition coefficient (Wildman–Crippen LogP) is 5.78. The topological polar surface area (TPSA) is 89.0 Å². The number of hydrogen-bond donors (Lipinski definition) is 1. The standard InChI is InChI=1S/C26H22N2O5S2/c1-3-32-16-8-5-7-15(13-16)23(29)21-22(19-9-6-12-34-19)28(25(31)24(21)30)26-27-18-11-10-17(33-4-2)14-20(18)35-26/h5-14,22,29H,3-4H2,1-2H3. The molecule has 0 aliphatic carbocycles. The maximum atomic E-state index is 13.3. The summed E-state index contributed by atoms with van der Waals surface area (Å²) in [6, 6.07) is 15.3. The number of amides is 1. The van der Waals surface area contributed by atoms with Gasteiger partial charge in [0.1, 0.15) is 23.3 Å². The zero-order valence-corrected chi connectivity index (χ0v) is 20.7. The van der Waals surface area contributed by atoms with E-state index in [1.54, 1.807) is 24.3 Å². The number of nitrogens with zero attached hydrogens (tertiary/aromatic N) is 2. The maximum Gasteiger partial charge on any atom is 0.301 e. The zero-order valence-electron chi connectivity index (χ0n) is 19.1. The highest BCUT2D eigenvalue weighted by Crippen LogP contribution is 2.45. The third-order valence-electron chi connectivity index (χ3n) is 5.54. The monoisotopic (exact) mass is 506 g/mol. The number of carbonyl (C=O) groups is 2. The molecule has 1 saturated heterocycles. The van der Waals surface area contributed by atoms with Crippen LogP contribution >= 0.6 is 22.7 Å². The van der Waals surface area contributed by atoms with E-state index in [1.807, 2.05) is 49.6 Å². The van der Waals surface area contributed by atoms with Crippen molar-refractivity contribution in [3.63, 3.8) is 0 Å². The second-order valence-electron chi connectivity index (χ2n) is 7.70. The lowest BCUT2D eigenvalue weighted by molar-refractivity contribution is -0.132. The van der Waals surface area contributed by atoms with Gasteiger partial charge in [-0.2, -0.15) is 0 Å². The van der Waals surface area contributed by atoms with Crippen molar-refractivity contribution in [3.8, 4) is 11.5 Å². The SMILES string of the molecule is CCOc1cccc(C(O)=C2C(=O)C(=O)N(c3nc4ccc(OCC)cc4s3)C2c2cccs2)c1. The van der Waals surface area contributed by atoms with Gasteiger partial charge < -0.3 is 14.6 Å². The minimum Gasteiger partial charge on any atom is -0.507 e. The number of thiophene rings is 1. The minimum atomic E-state index is -0.794. The number of ether oxygens (including phenoxy) is 2. The fourth-order valence-electron chi connectivity index (χ4n) is 4.05. The summed E-state index contributed by atoms with van der Waals surface area (Å²) in [6.07, 6.45) is 0. The van der Waals surface area contributed by atoms with Crippen molar-refractivity contribution in [1.82, 2.24) is 4.98 Å². The van der Waals surface area contributed by atoms with Crippen LogP contribution in [0.15, 0.2) is 65.6 Å². The molecule has 35 heavy (non-hydrogen) atoms. The molecule has 2 aromatic heterocycles. The van der Waals surface area contributed by atoms with Gasteiger partial charge in [0.25, 0.3) is 5.78 Å². The number of aliphatic hydroxyl groups excluding tert-OH is 1. The summed E-state index contributed by atoms with van der Waals surface area (Å²) in [5, 5.41) is 13.5. The number of benzene rings is 2. The van der Waals surface area contributed by atoms with E-state index in [4.69, 9.17) is 9.47 Å². The van der Waals surface area contributed by atoms with Crippen LogP contribution in [0.25, 0.3) is 16.0 Å². The number of Topliss-reactive ketones (excluding diaryl/α,β-unsaturated/α-hetero) is 1. The molecule has 9 heteroatoms. The molecule has 1 fully saturated rings. The van der Waals surface area contributed by atoms with Crippen LogP contribution in [0.1, 0.15) is 30.3 Å². The van der Waals surface area contributed by atoms with Crippen LogP contribution in [-0.2, 0) is 9.59 Å². The Morgan fingerprint density at radius 3 is 2.51 bits per heavy atom. The highest BCUT2D eigenvalue weighted by Gasteiger charge is 2.48. The molecule has 1 aliphatic rings. The number of aliphatic hydroxyl groups is 1. The Bertz CT molecular complexity index is 1440. The lowest BCUT2D eigenvalue weighted by Crippen LogP contribution is -2.28. The van der Waals surface area contributed by atoms with Crippen LogP contribution in [0, 0.1) is 0 Å². The molecule has 1 amide bonds. The first-order valence-electron chi connectivity index (χ1n) is 11.1. The summed E-state index contributed by atoms with van der Waals surface area (Å²) in [6.45, 7) is 4.78. The Balaban J connectivity index is 1.65. The number of fused-ring (bicyclic) bond motifs is 1. The van der Waals surface area contributed by atoms with E-state index in [2.05, 4.69) is 4.98 Å². The first-order valence-corrected chi connectivity index (χ1v) is 12.8. The van der Waals surface area contributed by atoms with E-state index in [0.29, 0.717) is 40.9 Å². The Labute approximate surface area is 209 Å². The molecule has 1 aliphatic heterocycles. The summed E-state index contributed by atoms with van der Waals surface area (Å²) in [5.41, 5.74) is 1.13. The van der Waals surface area contributed by atoms with Crippen LogP contribution in [0.2, 0.25) is 0 Å². The number of ketones is 1. The van der Waals surface area contributed by atoms with Gasteiger partial charge in [0.15, 0.2) is 5.13 Å². The number of hydrogen-bond acceptors (Lipinski definition) is 8. The van der Waals surface area contributed by atoms with Crippen LogP contribution in [0.3, 0.4) is 0 Å². The van der Waals surface area contributed by atoms with Gasteiger partial charge in [0.05, 0.1) is 29.0 Å². The Morgan fingerprint density at radius 2 is 1.80 bits per heavy atom. The van der Waals surface area contributed by atoms with Crippen molar-refractivity contribution in [2.24, 2.45) is 0 Å². The van der Waals surface area contributed by atoms with Gasteiger partial charge in [-0.1, -0.05) is 29.5 Å². The smallest absolute Gasteiger partial charge is 0.301 e. The third kappa shape index (κ3) is 4.17. The molecule has 0 radical (unpaired) electrons. The van der Waals surface area contributed by atoms with Gasteiger partial charge in [0.2, 0.25) is 0 Å². The van der Waals surface area contributed by atoms with Crippen LogP contribution < -0.4 is 14.4 Å². The van der Waals surface area contributed by atoms with Crippen molar-refractivity contribution < 1.29 is 24.2 Å². The fourth-order valence-corrected chi connectivity index (χ4v) is 5.90. The fraction of sp³-hybridized carbons (Fsp3) is 0.192. The van der Waals surface area contributed by atoms with Gasteiger partial charge in [-0.3, -0.25) is 14.5 Å². The van der Waals surface area contributed by atoms with E-state index in [1.165, 1.54) is 27.6 Å². The average molecular weight is 507 g/mol. The van der Waals surface area contributed by atoms with E-state index in [0.717, 1.165) is 9.58 Å². The molecule has 1 atom stereocenters. The molecular weight excluding hydrogens is 484 g/mol. The molecular formula is C26H22N2O5S2. The Hall–Kier alpha value is -3.69.